The molecule has 3 aliphatic heterocycles. The van der Waals surface area contributed by atoms with Gasteiger partial charge in [-0.3, -0.25) is 9.59 Å². The third kappa shape index (κ3) is 3.12. The van der Waals surface area contributed by atoms with Crippen LogP contribution in [0.4, 0.5) is 0 Å². The number of fused-ring (bicyclic) bond motifs is 5. The molecule has 2 bridgehead atoms. The number of ether oxygens (including phenoxy) is 1. The van der Waals surface area contributed by atoms with Crippen molar-refractivity contribution in [1.29, 1.82) is 0 Å². The Hall–Kier alpha value is -2.34. The van der Waals surface area contributed by atoms with Gasteiger partial charge >= 0.3 is 0 Å². The maximum atomic E-state index is 13.3. The van der Waals surface area contributed by atoms with E-state index >= 15 is 0 Å². The topological polar surface area (TPSA) is 63.0 Å². The van der Waals surface area contributed by atoms with Crippen LogP contribution in [0.3, 0.4) is 0 Å². The summed E-state index contributed by atoms with van der Waals surface area (Å²) in [6.45, 7) is 6.06. The lowest BCUT2D eigenvalue weighted by atomic mass is 9.94. The third-order valence-electron chi connectivity index (χ3n) is 5.90. The third-order valence-corrected chi connectivity index (χ3v) is 5.90. The highest BCUT2D eigenvalue weighted by Crippen LogP contribution is 2.32. The van der Waals surface area contributed by atoms with Gasteiger partial charge in [0.1, 0.15) is 5.58 Å². The highest BCUT2D eigenvalue weighted by atomic mass is 16.5. The van der Waals surface area contributed by atoms with Crippen LogP contribution in [0.15, 0.2) is 22.6 Å². The number of piperidine rings is 1. The van der Waals surface area contributed by atoms with Crippen LogP contribution in [0.2, 0.25) is 0 Å². The van der Waals surface area contributed by atoms with Crippen molar-refractivity contribution in [3.05, 3.63) is 35.1 Å². The number of aryl methyl sites for hydroxylation is 2. The average Bonchev–Trinajstić information content (AvgIpc) is 2.80. The van der Waals surface area contributed by atoms with Gasteiger partial charge < -0.3 is 19.0 Å². The second-order valence-corrected chi connectivity index (χ2v) is 7.72. The molecule has 0 aliphatic carbocycles. The van der Waals surface area contributed by atoms with Crippen LogP contribution in [0.5, 0.6) is 0 Å². The minimum atomic E-state index is -0.128. The fraction of sp³-hybridized carbons (Fsp3) is 0.524. The van der Waals surface area contributed by atoms with Gasteiger partial charge in [-0.1, -0.05) is 12.1 Å². The monoisotopic (exact) mass is 370 g/mol. The summed E-state index contributed by atoms with van der Waals surface area (Å²) in [6.07, 6.45) is 1.78. The number of benzene rings is 1. The molecule has 2 aromatic rings. The minimum absolute atomic E-state index is 0.0577. The summed E-state index contributed by atoms with van der Waals surface area (Å²) in [5, 5.41) is 0.972. The van der Waals surface area contributed by atoms with E-state index in [9.17, 15) is 9.59 Å². The number of hydrogen-bond donors (Lipinski definition) is 0. The van der Waals surface area contributed by atoms with Crippen molar-refractivity contribution < 1.29 is 18.7 Å². The fourth-order valence-corrected chi connectivity index (χ4v) is 4.37. The number of amides is 2. The first kappa shape index (κ1) is 18.0. The molecule has 0 N–H and O–H groups in total. The molecule has 1 aromatic carbocycles. The number of furan rings is 1. The van der Waals surface area contributed by atoms with Gasteiger partial charge in [0.2, 0.25) is 5.91 Å². The fourth-order valence-electron chi connectivity index (χ4n) is 4.37. The van der Waals surface area contributed by atoms with E-state index in [-0.39, 0.29) is 23.8 Å². The van der Waals surface area contributed by atoms with Crippen LogP contribution < -0.4 is 0 Å². The van der Waals surface area contributed by atoms with Gasteiger partial charge in [-0.2, -0.15) is 0 Å². The molecule has 4 heterocycles. The van der Waals surface area contributed by atoms with Crippen molar-refractivity contribution in [3.63, 3.8) is 0 Å². The van der Waals surface area contributed by atoms with E-state index in [1.807, 2.05) is 41.8 Å². The first-order valence-corrected chi connectivity index (χ1v) is 9.58. The normalized spacial score (nSPS) is 22.6. The van der Waals surface area contributed by atoms with Crippen molar-refractivity contribution in [3.8, 4) is 0 Å². The number of hydrogen-bond acceptors (Lipinski definition) is 4. The van der Waals surface area contributed by atoms with Gasteiger partial charge in [0.05, 0.1) is 12.5 Å². The summed E-state index contributed by atoms with van der Waals surface area (Å²) in [6, 6.07) is 6.05. The maximum Gasteiger partial charge on any atom is 0.289 e. The molecule has 6 nitrogen and oxygen atoms in total. The zero-order valence-electron chi connectivity index (χ0n) is 16.2. The van der Waals surface area contributed by atoms with Crippen LogP contribution in [0.1, 0.15) is 34.5 Å². The first-order chi connectivity index (χ1) is 13.0. The molecule has 0 radical (unpaired) electrons. The largest absolute Gasteiger partial charge is 0.451 e. The Bertz CT molecular complexity index is 888. The SMILES string of the molecule is COCCN1C(=O)[C@@H]2CC[C@H]1CN(C(=O)c1oc3cc(C)ccc3c1C)C2. The Kier molecular flexibility index (Phi) is 4.68. The van der Waals surface area contributed by atoms with Crippen molar-refractivity contribution in [2.75, 3.05) is 33.4 Å². The highest BCUT2D eigenvalue weighted by molar-refractivity contribution is 5.99. The lowest BCUT2D eigenvalue weighted by molar-refractivity contribution is -0.140. The predicted octanol–water partition coefficient (Wildman–Crippen LogP) is 2.76. The Balaban J connectivity index is 1.62. The minimum Gasteiger partial charge on any atom is -0.451 e. The summed E-state index contributed by atoms with van der Waals surface area (Å²) in [5.74, 6) is 0.305. The molecule has 3 fully saturated rings. The van der Waals surface area contributed by atoms with Gasteiger partial charge in [-0.15, -0.1) is 0 Å². The summed E-state index contributed by atoms with van der Waals surface area (Å²) >= 11 is 0. The molecule has 0 saturated carbocycles. The molecule has 3 aliphatic rings. The number of methoxy groups -OCH3 is 1. The van der Waals surface area contributed by atoms with Crippen LogP contribution in [0.25, 0.3) is 11.0 Å². The first-order valence-electron chi connectivity index (χ1n) is 9.58. The lowest BCUT2D eigenvalue weighted by Gasteiger charge is -2.35. The van der Waals surface area contributed by atoms with Crippen LogP contribution in [-0.4, -0.2) is 61.0 Å². The molecule has 5 rings (SSSR count). The van der Waals surface area contributed by atoms with E-state index in [1.54, 1.807) is 7.11 Å². The Morgan fingerprint density at radius 1 is 1.26 bits per heavy atom. The zero-order valence-corrected chi connectivity index (χ0v) is 16.2. The zero-order chi connectivity index (χ0) is 19.1. The molecular formula is C21H26N2O4. The standard InChI is InChI=1S/C21H26N2O4/c1-13-4-7-17-14(2)19(27-18(17)10-13)21(25)22-11-15-5-6-16(12-22)23(20(15)24)8-9-26-3/h4,7,10,15-16H,5-6,8-9,11-12H2,1-3H3/t15-,16+/m1/s1. The molecule has 6 heteroatoms. The van der Waals surface area contributed by atoms with Crippen LogP contribution in [-0.2, 0) is 9.53 Å². The highest BCUT2D eigenvalue weighted by Gasteiger charge is 2.42. The Labute approximate surface area is 159 Å². The van der Waals surface area contributed by atoms with E-state index in [2.05, 4.69) is 0 Å². The maximum absolute atomic E-state index is 13.3. The second-order valence-electron chi connectivity index (χ2n) is 7.72. The Morgan fingerprint density at radius 3 is 2.85 bits per heavy atom. The molecule has 0 unspecified atom stereocenters. The average molecular weight is 370 g/mol. The molecule has 1 aromatic heterocycles. The van der Waals surface area contributed by atoms with Gasteiger partial charge in [-0.05, 0) is 38.3 Å². The molecule has 27 heavy (non-hydrogen) atoms. The predicted molar refractivity (Wildman–Crippen MR) is 102 cm³/mol. The Morgan fingerprint density at radius 2 is 2.07 bits per heavy atom. The molecule has 3 saturated heterocycles. The molecule has 0 spiro atoms. The van der Waals surface area contributed by atoms with Crippen LogP contribution in [0, 0.1) is 19.8 Å². The van der Waals surface area contributed by atoms with Crippen LogP contribution >= 0.6 is 0 Å². The number of carbonyl (C=O) groups is 2. The van der Waals surface area contributed by atoms with E-state index in [0.717, 1.165) is 34.9 Å². The summed E-state index contributed by atoms with van der Waals surface area (Å²) in [4.78, 5) is 29.7. The summed E-state index contributed by atoms with van der Waals surface area (Å²) < 4.78 is 11.1. The molecule has 2 amide bonds. The van der Waals surface area contributed by atoms with Crippen molar-refractivity contribution in [2.45, 2.75) is 32.7 Å². The van der Waals surface area contributed by atoms with E-state index in [4.69, 9.17) is 9.15 Å². The van der Waals surface area contributed by atoms with Gasteiger partial charge in [0.25, 0.3) is 5.91 Å². The van der Waals surface area contributed by atoms with Crippen molar-refractivity contribution >= 4 is 22.8 Å². The number of nitrogens with zero attached hydrogens (tertiary/aromatic N) is 2. The second kappa shape index (κ2) is 7.00. The molecule has 144 valence electrons. The quantitative estimate of drug-likeness (QED) is 0.830. The van der Waals surface area contributed by atoms with Crippen molar-refractivity contribution in [2.24, 2.45) is 5.92 Å². The van der Waals surface area contributed by atoms with Crippen molar-refractivity contribution in [1.82, 2.24) is 9.80 Å². The smallest absolute Gasteiger partial charge is 0.289 e. The lowest BCUT2D eigenvalue weighted by Crippen LogP contribution is -2.49. The summed E-state index contributed by atoms with van der Waals surface area (Å²) in [7, 11) is 1.64. The molecule has 2 atom stereocenters. The van der Waals surface area contributed by atoms with Gasteiger partial charge in [0, 0.05) is 43.7 Å². The number of rotatable bonds is 4. The van der Waals surface area contributed by atoms with E-state index < -0.39 is 0 Å². The molecular weight excluding hydrogens is 344 g/mol. The van der Waals surface area contributed by atoms with Gasteiger partial charge in [-0.25, -0.2) is 0 Å². The number of carbonyl (C=O) groups excluding carboxylic acids is 2. The van der Waals surface area contributed by atoms with Gasteiger partial charge in [0.15, 0.2) is 5.76 Å². The summed E-state index contributed by atoms with van der Waals surface area (Å²) in [5.41, 5.74) is 2.71. The van der Waals surface area contributed by atoms with E-state index in [1.165, 1.54) is 0 Å². The van der Waals surface area contributed by atoms with E-state index in [0.29, 0.717) is 32.0 Å².